The lowest BCUT2D eigenvalue weighted by Gasteiger charge is -2.22. The van der Waals surface area contributed by atoms with Crippen LogP contribution in [0.4, 0.5) is 11.4 Å². The first kappa shape index (κ1) is 14.6. The van der Waals surface area contributed by atoms with Gasteiger partial charge in [0, 0.05) is 27.7 Å². The molecule has 0 radical (unpaired) electrons. The lowest BCUT2D eigenvalue weighted by Crippen LogP contribution is -2.25. The van der Waals surface area contributed by atoms with E-state index in [0.717, 1.165) is 28.8 Å². The molecule has 1 fully saturated rings. The first-order chi connectivity index (χ1) is 10.1. The van der Waals surface area contributed by atoms with Gasteiger partial charge in [0.25, 0.3) is 0 Å². The van der Waals surface area contributed by atoms with Crippen molar-refractivity contribution in [1.82, 2.24) is 0 Å². The molecule has 110 valence electrons. The van der Waals surface area contributed by atoms with Crippen LogP contribution in [-0.4, -0.2) is 12.5 Å². The maximum Gasteiger partial charge on any atom is 0.227 e. The standard InChI is InChI=1S/C16H17BrN2OS/c1-11(15-9-12(17)10-21-15)18-13-5-2-3-6-14(13)19-8-4-7-16(19)20/h2-3,5-6,9-11,18H,4,7-8H2,1H3. The van der Waals surface area contributed by atoms with Gasteiger partial charge < -0.3 is 10.2 Å². The molecule has 1 aromatic heterocycles. The molecule has 0 saturated carbocycles. The van der Waals surface area contributed by atoms with E-state index >= 15 is 0 Å². The molecule has 1 aromatic carbocycles. The van der Waals surface area contributed by atoms with Gasteiger partial charge in [0.1, 0.15) is 0 Å². The number of nitrogens with zero attached hydrogens (tertiary/aromatic N) is 1. The molecule has 0 spiro atoms. The van der Waals surface area contributed by atoms with Crippen molar-refractivity contribution in [3.63, 3.8) is 0 Å². The third-order valence-electron chi connectivity index (χ3n) is 3.65. The highest BCUT2D eigenvalue weighted by Gasteiger charge is 2.24. The Labute approximate surface area is 137 Å². The number of thiophene rings is 1. The van der Waals surface area contributed by atoms with Crippen molar-refractivity contribution in [2.24, 2.45) is 0 Å². The number of carbonyl (C=O) groups is 1. The van der Waals surface area contributed by atoms with Crippen LogP contribution in [0.2, 0.25) is 0 Å². The summed E-state index contributed by atoms with van der Waals surface area (Å²) in [6, 6.07) is 10.4. The van der Waals surface area contributed by atoms with E-state index in [-0.39, 0.29) is 11.9 Å². The number of halogens is 1. The average molecular weight is 365 g/mol. The molecule has 0 bridgehead atoms. The second kappa shape index (κ2) is 6.20. The van der Waals surface area contributed by atoms with Crippen LogP contribution in [0.15, 0.2) is 40.2 Å². The number of para-hydroxylation sites is 2. The van der Waals surface area contributed by atoms with E-state index in [1.54, 1.807) is 11.3 Å². The molecule has 1 saturated heterocycles. The molecular weight excluding hydrogens is 348 g/mol. The molecule has 3 rings (SSSR count). The molecule has 5 heteroatoms. The van der Waals surface area contributed by atoms with Gasteiger partial charge >= 0.3 is 0 Å². The Kier molecular flexibility index (Phi) is 4.31. The summed E-state index contributed by atoms with van der Waals surface area (Å²) < 4.78 is 1.11. The van der Waals surface area contributed by atoms with Gasteiger partial charge in [-0.05, 0) is 47.5 Å². The maximum absolute atomic E-state index is 12.0. The van der Waals surface area contributed by atoms with Gasteiger partial charge in [-0.15, -0.1) is 11.3 Å². The van der Waals surface area contributed by atoms with Crippen LogP contribution in [0, 0.1) is 0 Å². The molecule has 2 heterocycles. The fraction of sp³-hybridized carbons (Fsp3) is 0.312. The molecule has 1 amide bonds. The van der Waals surface area contributed by atoms with Gasteiger partial charge in [0.15, 0.2) is 0 Å². The normalized spacial score (nSPS) is 16.3. The molecular formula is C16H17BrN2OS. The SMILES string of the molecule is CC(Nc1ccccc1N1CCCC1=O)c1cc(Br)cs1. The van der Waals surface area contributed by atoms with Gasteiger partial charge in [-0.1, -0.05) is 12.1 Å². The zero-order chi connectivity index (χ0) is 14.8. The van der Waals surface area contributed by atoms with E-state index < -0.39 is 0 Å². The molecule has 1 unspecified atom stereocenters. The van der Waals surface area contributed by atoms with Crippen LogP contribution < -0.4 is 10.2 Å². The van der Waals surface area contributed by atoms with Crippen LogP contribution in [0.25, 0.3) is 0 Å². The molecule has 21 heavy (non-hydrogen) atoms. The van der Waals surface area contributed by atoms with Crippen LogP contribution in [0.5, 0.6) is 0 Å². The van der Waals surface area contributed by atoms with E-state index in [2.05, 4.69) is 39.6 Å². The van der Waals surface area contributed by atoms with Crippen molar-refractivity contribution in [2.75, 3.05) is 16.8 Å². The van der Waals surface area contributed by atoms with Crippen molar-refractivity contribution < 1.29 is 4.79 Å². The van der Waals surface area contributed by atoms with Gasteiger partial charge in [0.2, 0.25) is 5.91 Å². The minimum absolute atomic E-state index is 0.208. The number of hydrogen-bond acceptors (Lipinski definition) is 3. The Morgan fingerprint density at radius 1 is 1.38 bits per heavy atom. The third kappa shape index (κ3) is 3.14. The maximum atomic E-state index is 12.0. The molecule has 1 N–H and O–H groups in total. The molecule has 1 aliphatic rings. The Morgan fingerprint density at radius 3 is 2.86 bits per heavy atom. The number of anilines is 2. The smallest absolute Gasteiger partial charge is 0.227 e. The average Bonchev–Trinajstić information content (AvgIpc) is 3.08. The van der Waals surface area contributed by atoms with Crippen molar-refractivity contribution in [1.29, 1.82) is 0 Å². The van der Waals surface area contributed by atoms with Crippen molar-refractivity contribution >= 4 is 44.5 Å². The highest BCUT2D eigenvalue weighted by Crippen LogP contribution is 2.33. The molecule has 0 aliphatic carbocycles. The van der Waals surface area contributed by atoms with E-state index in [1.165, 1.54) is 4.88 Å². The number of nitrogens with one attached hydrogen (secondary N) is 1. The van der Waals surface area contributed by atoms with Gasteiger partial charge in [-0.25, -0.2) is 0 Å². The Hall–Kier alpha value is -1.33. The summed E-state index contributed by atoms with van der Waals surface area (Å²) in [5.74, 6) is 0.218. The fourth-order valence-electron chi connectivity index (χ4n) is 2.59. The predicted octanol–water partition coefficient (Wildman–Crippen LogP) is 4.81. The Morgan fingerprint density at radius 2 is 2.19 bits per heavy atom. The summed E-state index contributed by atoms with van der Waals surface area (Å²) >= 11 is 5.22. The largest absolute Gasteiger partial charge is 0.376 e. The van der Waals surface area contributed by atoms with Gasteiger partial charge in [-0.3, -0.25) is 4.79 Å². The number of benzene rings is 1. The van der Waals surface area contributed by atoms with Crippen LogP contribution >= 0.6 is 27.3 Å². The number of carbonyl (C=O) groups excluding carboxylic acids is 1. The molecule has 2 aromatic rings. The summed E-state index contributed by atoms with van der Waals surface area (Å²) in [6.07, 6.45) is 1.60. The van der Waals surface area contributed by atoms with Gasteiger partial charge in [-0.2, -0.15) is 0 Å². The summed E-state index contributed by atoms with van der Waals surface area (Å²) in [5.41, 5.74) is 2.01. The lowest BCUT2D eigenvalue weighted by molar-refractivity contribution is -0.117. The zero-order valence-electron chi connectivity index (χ0n) is 11.8. The number of amides is 1. The van der Waals surface area contributed by atoms with Crippen LogP contribution in [0.1, 0.15) is 30.7 Å². The van der Waals surface area contributed by atoms with E-state index in [1.807, 2.05) is 29.2 Å². The minimum Gasteiger partial charge on any atom is -0.376 e. The number of rotatable bonds is 4. The fourth-order valence-corrected chi connectivity index (χ4v) is 4.05. The summed E-state index contributed by atoms with van der Waals surface area (Å²) in [7, 11) is 0. The second-order valence-corrected chi connectivity index (χ2v) is 7.06. The lowest BCUT2D eigenvalue weighted by atomic mass is 10.2. The van der Waals surface area contributed by atoms with Crippen molar-refractivity contribution in [3.05, 3.63) is 45.1 Å². The molecule has 1 aliphatic heterocycles. The minimum atomic E-state index is 0.208. The zero-order valence-corrected chi connectivity index (χ0v) is 14.2. The Bertz CT molecular complexity index is 655. The third-order valence-corrected chi connectivity index (χ3v) is 5.53. The predicted molar refractivity (Wildman–Crippen MR) is 92.1 cm³/mol. The molecule has 3 nitrogen and oxygen atoms in total. The summed E-state index contributed by atoms with van der Waals surface area (Å²) in [6.45, 7) is 2.96. The van der Waals surface area contributed by atoms with E-state index in [9.17, 15) is 4.79 Å². The van der Waals surface area contributed by atoms with Crippen LogP contribution in [0.3, 0.4) is 0 Å². The summed E-state index contributed by atoms with van der Waals surface area (Å²) in [4.78, 5) is 15.1. The summed E-state index contributed by atoms with van der Waals surface area (Å²) in [5, 5.41) is 5.62. The van der Waals surface area contributed by atoms with Crippen molar-refractivity contribution in [3.8, 4) is 0 Å². The quantitative estimate of drug-likeness (QED) is 0.843. The first-order valence-corrected chi connectivity index (χ1v) is 8.72. The second-order valence-electron chi connectivity index (χ2n) is 5.20. The Balaban J connectivity index is 1.84. The van der Waals surface area contributed by atoms with Crippen molar-refractivity contribution in [2.45, 2.75) is 25.8 Å². The molecule has 1 atom stereocenters. The number of hydrogen-bond donors (Lipinski definition) is 1. The van der Waals surface area contributed by atoms with E-state index in [0.29, 0.717) is 6.42 Å². The van der Waals surface area contributed by atoms with Gasteiger partial charge in [0.05, 0.1) is 17.4 Å². The monoisotopic (exact) mass is 364 g/mol. The highest BCUT2D eigenvalue weighted by atomic mass is 79.9. The topological polar surface area (TPSA) is 32.3 Å². The van der Waals surface area contributed by atoms with E-state index in [4.69, 9.17) is 0 Å². The van der Waals surface area contributed by atoms with Crippen LogP contribution in [-0.2, 0) is 4.79 Å². The highest BCUT2D eigenvalue weighted by molar-refractivity contribution is 9.10. The first-order valence-electron chi connectivity index (χ1n) is 7.05.